The van der Waals surface area contributed by atoms with E-state index in [9.17, 15) is 9.59 Å². The lowest BCUT2D eigenvalue weighted by atomic mass is 9.97. The van der Waals surface area contributed by atoms with E-state index in [2.05, 4.69) is 17.4 Å². The molecule has 1 N–H and O–H groups in total. The maximum Gasteiger partial charge on any atom is 0.227 e. The minimum atomic E-state index is -0.0891. The summed E-state index contributed by atoms with van der Waals surface area (Å²) in [5.74, 6) is 0.0569. The van der Waals surface area contributed by atoms with Crippen molar-refractivity contribution in [1.82, 2.24) is 10.2 Å². The van der Waals surface area contributed by atoms with E-state index < -0.39 is 0 Å². The highest BCUT2D eigenvalue weighted by molar-refractivity contribution is 5.83. The first-order chi connectivity index (χ1) is 9.97. The molecule has 0 radical (unpaired) electrons. The van der Waals surface area contributed by atoms with Crippen molar-refractivity contribution in [2.45, 2.75) is 19.4 Å². The van der Waals surface area contributed by atoms with Crippen molar-refractivity contribution in [2.24, 2.45) is 5.92 Å². The summed E-state index contributed by atoms with van der Waals surface area (Å²) in [4.78, 5) is 27.3. The standard InChI is InChI=1S/C16H23N3O2/c1-18(2)14-7-4-12(5-8-14)11-19(3)16(21)13-6-9-15(20)17-10-13/h4-5,7-8,13H,6,9-11H2,1-3H3,(H,17,20). The maximum atomic E-state index is 12.4. The van der Waals surface area contributed by atoms with E-state index >= 15 is 0 Å². The van der Waals surface area contributed by atoms with Gasteiger partial charge in [-0.15, -0.1) is 0 Å². The van der Waals surface area contributed by atoms with Crippen LogP contribution in [0.3, 0.4) is 0 Å². The molecule has 1 aliphatic heterocycles. The minimum absolute atomic E-state index is 0.0426. The Morgan fingerprint density at radius 1 is 1.24 bits per heavy atom. The summed E-state index contributed by atoms with van der Waals surface area (Å²) in [5, 5.41) is 2.76. The van der Waals surface area contributed by atoms with Gasteiger partial charge in [0.1, 0.15) is 0 Å². The average molecular weight is 289 g/mol. The Morgan fingerprint density at radius 3 is 2.43 bits per heavy atom. The van der Waals surface area contributed by atoms with Gasteiger partial charge in [-0.05, 0) is 24.1 Å². The zero-order chi connectivity index (χ0) is 15.4. The topological polar surface area (TPSA) is 52.7 Å². The van der Waals surface area contributed by atoms with Crippen LogP contribution in [-0.2, 0) is 16.1 Å². The number of carbonyl (C=O) groups is 2. The van der Waals surface area contributed by atoms with Crippen molar-refractivity contribution < 1.29 is 9.59 Å². The largest absolute Gasteiger partial charge is 0.378 e. The number of nitrogens with zero attached hydrogens (tertiary/aromatic N) is 2. The third kappa shape index (κ3) is 3.97. The van der Waals surface area contributed by atoms with Crippen LogP contribution in [0.4, 0.5) is 5.69 Å². The van der Waals surface area contributed by atoms with Crippen molar-refractivity contribution in [3.05, 3.63) is 29.8 Å². The first kappa shape index (κ1) is 15.4. The van der Waals surface area contributed by atoms with Crippen LogP contribution in [-0.4, -0.2) is 44.4 Å². The van der Waals surface area contributed by atoms with Crippen LogP contribution in [0, 0.1) is 5.92 Å². The van der Waals surface area contributed by atoms with Gasteiger partial charge in [0.15, 0.2) is 0 Å². The summed E-state index contributed by atoms with van der Waals surface area (Å²) in [6, 6.07) is 8.19. The Labute approximate surface area is 125 Å². The van der Waals surface area contributed by atoms with E-state index in [1.807, 2.05) is 38.2 Å². The van der Waals surface area contributed by atoms with Gasteiger partial charge in [-0.3, -0.25) is 9.59 Å². The second kappa shape index (κ2) is 6.61. The highest BCUT2D eigenvalue weighted by Gasteiger charge is 2.26. The Bertz CT molecular complexity index is 501. The summed E-state index contributed by atoms with van der Waals surface area (Å²) in [6.45, 7) is 1.05. The second-order valence-corrected chi connectivity index (χ2v) is 5.79. The van der Waals surface area contributed by atoms with Gasteiger partial charge in [0.25, 0.3) is 0 Å². The third-order valence-electron chi connectivity index (χ3n) is 3.86. The van der Waals surface area contributed by atoms with Crippen molar-refractivity contribution in [3.8, 4) is 0 Å². The molecule has 5 nitrogen and oxygen atoms in total. The Morgan fingerprint density at radius 2 is 1.90 bits per heavy atom. The summed E-state index contributed by atoms with van der Waals surface area (Å²) < 4.78 is 0. The highest BCUT2D eigenvalue weighted by Crippen LogP contribution is 2.17. The lowest BCUT2D eigenvalue weighted by molar-refractivity contribution is -0.136. The number of rotatable bonds is 4. The average Bonchev–Trinajstić information content (AvgIpc) is 2.47. The van der Waals surface area contributed by atoms with Crippen molar-refractivity contribution in [3.63, 3.8) is 0 Å². The number of benzene rings is 1. The van der Waals surface area contributed by atoms with Gasteiger partial charge in [-0.1, -0.05) is 12.1 Å². The van der Waals surface area contributed by atoms with E-state index in [1.54, 1.807) is 4.90 Å². The summed E-state index contributed by atoms with van der Waals surface area (Å²) in [6.07, 6.45) is 1.09. The van der Waals surface area contributed by atoms with Gasteiger partial charge in [0.05, 0.1) is 5.92 Å². The van der Waals surface area contributed by atoms with E-state index in [1.165, 1.54) is 0 Å². The van der Waals surface area contributed by atoms with Crippen molar-refractivity contribution in [1.29, 1.82) is 0 Å². The molecule has 0 aliphatic carbocycles. The van der Waals surface area contributed by atoms with Gasteiger partial charge in [-0.2, -0.15) is 0 Å². The molecule has 1 fully saturated rings. The second-order valence-electron chi connectivity index (χ2n) is 5.79. The van der Waals surface area contributed by atoms with E-state index in [-0.39, 0.29) is 17.7 Å². The number of piperidine rings is 1. The Balaban J connectivity index is 1.92. The van der Waals surface area contributed by atoms with Crippen LogP contribution >= 0.6 is 0 Å². The predicted molar refractivity (Wildman–Crippen MR) is 83.0 cm³/mol. The molecule has 1 aliphatic rings. The van der Waals surface area contributed by atoms with Crippen LogP contribution in [0.2, 0.25) is 0 Å². The molecule has 114 valence electrons. The molecule has 1 aromatic carbocycles. The molecule has 2 rings (SSSR count). The number of hydrogen-bond acceptors (Lipinski definition) is 3. The molecule has 0 aromatic heterocycles. The monoisotopic (exact) mass is 289 g/mol. The van der Waals surface area contributed by atoms with E-state index in [0.717, 1.165) is 11.3 Å². The number of carbonyl (C=O) groups excluding carboxylic acids is 2. The fourth-order valence-electron chi connectivity index (χ4n) is 2.51. The Hall–Kier alpha value is -2.04. The summed E-state index contributed by atoms with van der Waals surface area (Å²) in [7, 11) is 5.82. The molecular weight excluding hydrogens is 266 g/mol. The van der Waals surface area contributed by atoms with Crippen LogP contribution in [0.5, 0.6) is 0 Å². The number of nitrogens with one attached hydrogen (secondary N) is 1. The smallest absolute Gasteiger partial charge is 0.227 e. The van der Waals surface area contributed by atoms with Crippen molar-refractivity contribution in [2.75, 3.05) is 32.6 Å². The van der Waals surface area contributed by atoms with Crippen LogP contribution in [0.25, 0.3) is 0 Å². The fourth-order valence-corrected chi connectivity index (χ4v) is 2.51. The predicted octanol–water partition coefficient (Wildman–Crippen LogP) is 1.24. The normalized spacial score (nSPS) is 18.0. The zero-order valence-electron chi connectivity index (χ0n) is 12.9. The highest BCUT2D eigenvalue weighted by atomic mass is 16.2. The van der Waals surface area contributed by atoms with Crippen LogP contribution in [0.1, 0.15) is 18.4 Å². The minimum Gasteiger partial charge on any atom is -0.378 e. The van der Waals surface area contributed by atoms with Gasteiger partial charge in [0, 0.05) is 46.3 Å². The summed E-state index contributed by atoms with van der Waals surface area (Å²) >= 11 is 0. The molecule has 1 aromatic rings. The zero-order valence-corrected chi connectivity index (χ0v) is 12.9. The van der Waals surface area contributed by atoms with E-state index in [0.29, 0.717) is 25.9 Å². The Kier molecular flexibility index (Phi) is 4.83. The van der Waals surface area contributed by atoms with E-state index in [4.69, 9.17) is 0 Å². The molecule has 1 saturated heterocycles. The molecular formula is C16H23N3O2. The molecule has 1 unspecified atom stereocenters. The molecule has 1 atom stereocenters. The lowest BCUT2D eigenvalue weighted by Crippen LogP contribution is -2.43. The SMILES string of the molecule is CN(Cc1ccc(N(C)C)cc1)C(=O)C1CCC(=O)NC1. The molecule has 0 saturated carbocycles. The fraction of sp³-hybridized carbons (Fsp3) is 0.500. The molecule has 5 heteroatoms. The van der Waals surface area contributed by atoms with Crippen LogP contribution in [0.15, 0.2) is 24.3 Å². The van der Waals surface area contributed by atoms with Crippen LogP contribution < -0.4 is 10.2 Å². The molecule has 2 amide bonds. The first-order valence-electron chi connectivity index (χ1n) is 7.25. The van der Waals surface area contributed by atoms with Gasteiger partial charge < -0.3 is 15.1 Å². The quantitative estimate of drug-likeness (QED) is 0.907. The maximum absolute atomic E-state index is 12.4. The van der Waals surface area contributed by atoms with Gasteiger partial charge in [-0.25, -0.2) is 0 Å². The lowest BCUT2D eigenvalue weighted by Gasteiger charge is -2.27. The van der Waals surface area contributed by atoms with Gasteiger partial charge in [0.2, 0.25) is 11.8 Å². The first-order valence-corrected chi connectivity index (χ1v) is 7.25. The molecule has 21 heavy (non-hydrogen) atoms. The molecule has 0 spiro atoms. The van der Waals surface area contributed by atoms with Crippen molar-refractivity contribution >= 4 is 17.5 Å². The number of anilines is 1. The molecule has 0 bridgehead atoms. The number of hydrogen-bond donors (Lipinski definition) is 1. The number of amides is 2. The summed E-state index contributed by atoms with van der Waals surface area (Å²) in [5.41, 5.74) is 2.25. The molecule has 1 heterocycles. The van der Waals surface area contributed by atoms with Gasteiger partial charge >= 0.3 is 0 Å². The third-order valence-corrected chi connectivity index (χ3v) is 3.86.